The molecular weight excluding hydrogens is 304 g/mol. The number of nitrogens with zero attached hydrogens (tertiary/aromatic N) is 2. The van der Waals surface area contributed by atoms with Gasteiger partial charge in [-0.05, 0) is 28.1 Å². The number of hydrogen-bond donors (Lipinski definition) is 2. The van der Waals surface area contributed by atoms with Crippen molar-refractivity contribution in [1.82, 2.24) is 9.38 Å². The number of imidazole rings is 1. The Balaban J connectivity index is 1.99. The molecule has 4 nitrogen and oxygen atoms in total. The number of aliphatic hydroxyl groups excluding tert-OH is 2. The van der Waals surface area contributed by atoms with Crippen molar-refractivity contribution in [2.24, 2.45) is 0 Å². The SMILES string of the molecule is OC[C@@H](O)CSCc1cn2cc(Br)ccc2n1. The first-order chi connectivity index (χ1) is 8.19. The van der Waals surface area contributed by atoms with Gasteiger partial charge in [0.1, 0.15) is 5.65 Å². The average Bonchev–Trinajstić information content (AvgIpc) is 2.70. The topological polar surface area (TPSA) is 57.8 Å². The zero-order valence-electron chi connectivity index (χ0n) is 9.08. The zero-order chi connectivity index (χ0) is 12.3. The van der Waals surface area contributed by atoms with Gasteiger partial charge in [-0.2, -0.15) is 11.8 Å². The molecule has 0 aliphatic heterocycles. The van der Waals surface area contributed by atoms with Gasteiger partial charge >= 0.3 is 0 Å². The Bertz CT molecular complexity index is 503. The fourth-order valence-electron chi connectivity index (χ4n) is 1.44. The molecule has 2 aromatic rings. The van der Waals surface area contributed by atoms with E-state index in [-0.39, 0.29) is 6.61 Å². The quantitative estimate of drug-likeness (QED) is 0.881. The van der Waals surface area contributed by atoms with Crippen molar-refractivity contribution in [3.63, 3.8) is 0 Å². The van der Waals surface area contributed by atoms with Crippen molar-refractivity contribution in [3.05, 3.63) is 34.7 Å². The summed E-state index contributed by atoms with van der Waals surface area (Å²) >= 11 is 4.97. The van der Waals surface area contributed by atoms with Crippen LogP contribution in [-0.2, 0) is 5.75 Å². The predicted octanol–water partition coefficient (Wildman–Crippen LogP) is 1.68. The standard InChI is InChI=1S/C11H13BrN2O2S/c12-8-1-2-11-13-9(4-14(11)3-8)6-17-7-10(16)5-15/h1-4,10,15-16H,5-7H2/t10-/m1/s1. The lowest BCUT2D eigenvalue weighted by atomic mass is 10.4. The van der Waals surface area contributed by atoms with Crippen LogP contribution in [0.3, 0.4) is 0 Å². The highest BCUT2D eigenvalue weighted by Gasteiger charge is 2.05. The number of pyridine rings is 1. The van der Waals surface area contributed by atoms with Crippen molar-refractivity contribution in [3.8, 4) is 0 Å². The predicted molar refractivity (Wildman–Crippen MR) is 72.1 cm³/mol. The fourth-order valence-corrected chi connectivity index (χ4v) is 2.64. The molecular formula is C11H13BrN2O2S. The Morgan fingerprint density at radius 3 is 3.00 bits per heavy atom. The second-order valence-electron chi connectivity index (χ2n) is 3.70. The van der Waals surface area contributed by atoms with Gasteiger partial charge in [0.25, 0.3) is 0 Å². The highest BCUT2D eigenvalue weighted by Crippen LogP contribution is 2.16. The molecule has 0 aliphatic rings. The summed E-state index contributed by atoms with van der Waals surface area (Å²) in [6.07, 6.45) is 3.28. The first-order valence-corrected chi connectivity index (χ1v) is 7.13. The summed E-state index contributed by atoms with van der Waals surface area (Å²) in [7, 11) is 0. The van der Waals surface area contributed by atoms with Crippen LogP contribution in [0.15, 0.2) is 29.0 Å². The minimum Gasteiger partial charge on any atom is -0.394 e. The highest BCUT2D eigenvalue weighted by molar-refractivity contribution is 9.10. The molecule has 0 bridgehead atoms. The summed E-state index contributed by atoms with van der Waals surface area (Å²) in [6, 6.07) is 3.90. The third-order valence-corrected chi connectivity index (χ3v) is 3.83. The molecule has 0 fully saturated rings. The Labute approximate surface area is 112 Å². The van der Waals surface area contributed by atoms with Gasteiger partial charge in [-0.15, -0.1) is 0 Å². The largest absolute Gasteiger partial charge is 0.394 e. The maximum atomic E-state index is 9.21. The average molecular weight is 317 g/mol. The molecule has 0 spiro atoms. The summed E-state index contributed by atoms with van der Waals surface area (Å²) in [5.74, 6) is 1.25. The van der Waals surface area contributed by atoms with Gasteiger partial charge in [-0.25, -0.2) is 4.98 Å². The second-order valence-corrected chi connectivity index (χ2v) is 5.64. The number of fused-ring (bicyclic) bond motifs is 1. The number of hydrogen-bond acceptors (Lipinski definition) is 4. The van der Waals surface area contributed by atoms with Gasteiger partial charge in [0.15, 0.2) is 0 Å². The molecule has 0 unspecified atom stereocenters. The van der Waals surface area contributed by atoms with E-state index in [1.54, 1.807) is 11.8 Å². The lowest BCUT2D eigenvalue weighted by Gasteiger charge is -2.04. The molecule has 2 rings (SSSR count). The molecule has 0 aromatic carbocycles. The van der Waals surface area contributed by atoms with Crippen LogP contribution in [0.1, 0.15) is 5.69 Å². The lowest BCUT2D eigenvalue weighted by molar-refractivity contribution is 0.113. The van der Waals surface area contributed by atoms with Gasteiger partial charge in [-0.3, -0.25) is 0 Å². The molecule has 0 amide bonds. The zero-order valence-corrected chi connectivity index (χ0v) is 11.5. The first-order valence-electron chi connectivity index (χ1n) is 5.19. The number of aliphatic hydroxyl groups is 2. The van der Waals surface area contributed by atoms with E-state index in [0.29, 0.717) is 5.75 Å². The van der Waals surface area contributed by atoms with Gasteiger partial charge in [0.05, 0.1) is 18.4 Å². The smallest absolute Gasteiger partial charge is 0.137 e. The van der Waals surface area contributed by atoms with Crippen LogP contribution < -0.4 is 0 Å². The Hall–Kier alpha value is -0.560. The Morgan fingerprint density at radius 1 is 1.41 bits per heavy atom. The summed E-state index contributed by atoms with van der Waals surface area (Å²) in [5.41, 5.74) is 1.88. The van der Waals surface area contributed by atoms with Crippen LogP contribution in [0.25, 0.3) is 5.65 Å². The van der Waals surface area contributed by atoms with Crippen LogP contribution >= 0.6 is 27.7 Å². The van der Waals surface area contributed by atoms with Crippen LogP contribution in [0.4, 0.5) is 0 Å². The van der Waals surface area contributed by atoms with E-state index in [4.69, 9.17) is 5.11 Å². The fraction of sp³-hybridized carbons (Fsp3) is 0.364. The van der Waals surface area contributed by atoms with Crippen LogP contribution in [0, 0.1) is 0 Å². The van der Waals surface area contributed by atoms with Gasteiger partial charge in [0.2, 0.25) is 0 Å². The number of rotatable bonds is 5. The lowest BCUT2D eigenvalue weighted by Crippen LogP contribution is -2.14. The molecule has 2 aromatic heterocycles. The van der Waals surface area contributed by atoms with Gasteiger partial charge < -0.3 is 14.6 Å². The molecule has 92 valence electrons. The van der Waals surface area contributed by atoms with Crippen molar-refractivity contribution in [1.29, 1.82) is 0 Å². The van der Waals surface area contributed by atoms with Crippen molar-refractivity contribution >= 4 is 33.3 Å². The van der Waals surface area contributed by atoms with E-state index in [2.05, 4.69) is 20.9 Å². The number of aromatic nitrogens is 2. The number of thioether (sulfide) groups is 1. The summed E-state index contributed by atoms with van der Waals surface area (Å²) < 4.78 is 2.97. The van der Waals surface area contributed by atoms with E-state index in [1.165, 1.54) is 0 Å². The monoisotopic (exact) mass is 316 g/mol. The van der Waals surface area contributed by atoms with Crippen LogP contribution in [-0.4, -0.2) is 38.1 Å². The normalized spacial score (nSPS) is 13.1. The van der Waals surface area contributed by atoms with Crippen molar-refractivity contribution in [2.75, 3.05) is 12.4 Å². The minimum absolute atomic E-state index is 0.189. The second kappa shape index (κ2) is 5.86. The molecule has 0 radical (unpaired) electrons. The van der Waals surface area contributed by atoms with Crippen molar-refractivity contribution in [2.45, 2.75) is 11.9 Å². The minimum atomic E-state index is -0.647. The van der Waals surface area contributed by atoms with Crippen LogP contribution in [0.2, 0.25) is 0 Å². The van der Waals surface area contributed by atoms with E-state index in [9.17, 15) is 5.11 Å². The molecule has 1 atom stereocenters. The third-order valence-electron chi connectivity index (χ3n) is 2.24. The maximum Gasteiger partial charge on any atom is 0.137 e. The Morgan fingerprint density at radius 2 is 2.24 bits per heavy atom. The van der Waals surface area contributed by atoms with E-state index in [1.807, 2.05) is 28.9 Å². The highest BCUT2D eigenvalue weighted by atomic mass is 79.9. The van der Waals surface area contributed by atoms with Gasteiger partial charge in [0, 0.05) is 28.4 Å². The van der Waals surface area contributed by atoms with Crippen LogP contribution in [0.5, 0.6) is 0 Å². The summed E-state index contributed by atoms with van der Waals surface area (Å²) in [5, 5.41) is 17.9. The molecule has 2 N–H and O–H groups in total. The number of halogens is 1. The van der Waals surface area contributed by atoms with Crippen molar-refractivity contribution < 1.29 is 10.2 Å². The van der Waals surface area contributed by atoms with E-state index < -0.39 is 6.10 Å². The summed E-state index contributed by atoms with van der Waals surface area (Å²) in [6.45, 7) is -0.189. The molecule has 6 heteroatoms. The molecule has 0 saturated carbocycles. The van der Waals surface area contributed by atoms with E-state index in [0.717, 1.165) is 21.6 Å². The molecule has 2 heterocycles. The third kappa shape index (κ3) is 3.45. The first kappa shape index (κ1) is 12.9. The summed E-state index contributed by atoms with van der Waals surface area (Å²) in [4.78, 5) is 4.45. The molecule has 17 heavy (non-hydrogen) atoms. The molecule has 0 aliphatic carbocycles. The maximum absolute atomic E-state index is 9.21. The van der Waals surface area contributed by atoms with E-state index >= 15 is 0 Å². The van der Waals surface area contributed by atoms with Gasteiger partial charge in [-0.1, -0.05) is 0 Å². The molecule has 0 saturated heterocycles. The Kier molecular flexibility index (Phi) is 4.44.